The number of aryl methyl sites for hydroxylation is 1. The molecule has 0 radical (unpaired) electrons. The highest BCUT2D eigenvalue weighted by Gasteiger charge is 2.28. The number of nitrogens with one attached hydrogen (secondary N) is 2. The molecule has 1 amide bonds. The van der Waals surface area contributed by atoms with Crippen LogP contribution in [0.3, 0.4) is 0 Å². The molecule has 0 bridgehead atoms. The number of rotatable bonds is 5. The van der Waals surface area contributed by atoms with Crippen molar-refractivity contribution >= 4 is 15.9 Å². The standard InChI is InChI=1S/C17H23N3O4S/c1-11-14(12(2)19-17(22)15(11)10-18)8-9-16(21)20-25(23,24)13-6-4-3-5-7-13/h13H,3-9H2,1-2H3,(H,19,22)(H,20,21). The molecular formula is C17H23N3O4S. The second-order valence-electron chi connectivity index (χ2n) is 6.50. The molecule has 1 saturated carbocycles. The van der Waals surface area contributed by atoms with Gasteiger partial charge in [-0.1, -0.05) is 19.3 Å². The maximum Gasteiger partial charge on any atom is 0.266 e. The van der Waals surface area contributed by atoms with Crippen LogP contribution in [0.15, 0.2) is 4.79 Å². The molecule has 1 aliphatic carbocycles. The Kier molecular flexibility index (Phi) is 6.01. The predicted molar refractivity (Wildman–Crippen MR) is 93.5 cm³/mol. The molecule has 1 fully saturated rings. The Morgan fingerprint density at radius 2 is 1.92 bits per heavy atom. The van der Waals surface area contributed by atoms with Gasteiger partial charge in [-0.25, -0.2) is 8.42 Å². The zero-order chi connectivity index (χ0) is 18.6. The van der Waals surface area contributed by atoms with Crippen molar-refractivity contribution in [1.82, 2.24) is 9.71 Å². The van der Waals surface area contributed by atoms with Gasteiger partial charge in [0.1, 0.15) is 11.6 Å². The number of nitriles is 1. The van der Waals surface area contributed by atoms with Crippen LogP contribution in [0.4, 0.5) is 0 Å². The van der Waals surface area contributed by atoms with Gasteiger partial charge in [-0.15, -0.1) is 0 Å². The van der Waals surface area contributed by atoms with Crippen molar-refractivity contribution in [2.75, 3.05) is 0 Å². The fourth-order valence-corrected chi connectivity index (χ4v) is 4.87. The number of aromatic amines is 1. The summed E-state index contributed by atoms with van der Waals surface area (Å²) in [5.41, 5.74) is 1.39. The van der Waals surface area contributed by atoms with Gasteiger partial charge in [-0.2, -0.15) is 5.26 Å². The van der Waals surface area contributed by atoms with Gasteiger partial charge in [0.25, 0.3) is 5.56 Å². The molecule has 0 aromatic carbocycles. The zero-order valence-electron chi connectivity index (χ0n) is 14.5. The van der Waals surface area contributed by atoms with Crippen LogP contribution in [0.2, 0.25) is 0 Å². The molecule has 0 aliphatic heterocycles. The molecule has 0 unspecified atom stereocenters. The SMILES string of the molecule is Cc1[nH]c(=O)c(C#N)c(C)c1CCC(=O)NS(=O)(=O)C1CCCCC1. The monoisotopic (exact) mass is 365 g/mol. The van der Waals surface area contributed by atoms with E-state index < -0.39 is 26.7 Å². The molecule has 2 rings (SSSR count). The van der Waals surface area contributed by atoms with E-state index in [0.29, 0.717) is 29.7 Å². The average molecular weight is 365 g/mol. The number of hydrogen-bond donors (Lipinski definition) is 2. The maximum atomic E-state index is 12.3. The summed E-state index contributed by atoms with van der Waals surface area (Å²) in [4.78, 5) is 26.4. The molecule has 0 saturated heterocycles. The number of pyridine rings is 1. The lowest BCUT2D eigenvalue weighted by Crippen LogP contribution is -2.39. The number of carbonyl (C=O) groups is 1. The molecule has 8 heteroatoms. The molecule has 1 aliphatic rings. The van der Waals surface area contributed by atoms with Crippen molar-refractivity contribution in [3.63, 3.8) is 0 Å². The maximum absolute atomic E-state index is 12.3. The van der Waals surface area contributed by atoms with Crippen LogP contribution in [0.5, 0.6) is 0 Å². The first-order valence-electron chi connectivity index (χ1n) is 8.43. The molecule has 1 aromatic rings. The number of aromatic nitrogens is 1. The molecule has 7 nitrogen and oxygen atoms in total. The Bertz CT molecular complexity index is 859. The lowest BCUT2D eigenvalue weighted by molar-refractivity contribution is -0.119. The summed E-state index contributed by atoms with van der Waals surface area (Å²) in [5, 5.41) is 8.57. The van der Waals surface area contributed by atoms with Crippen LogP contribution in [0.25, 0.3) is 0 Å². The fraction of sp³-hybridized carbons (Fsp3) is 0.588. The minimum Gasteiger partial charge on any atom is -0.325 e. The van der Waals surface area contributed by atoms with Crippen molar-refractivity contribution in [1.29, 1.82) is 5.26 Å². The third kappa shape index (κ3) is 4.48. The Morgan fingerprint density at radius 3 is 2.52 bits per heavy atom. The number of H-pyrrole nitrogens is 1. The van der Waals surface area contributed by atoms with Gasteiger partial charge in [-0.3, -0.25) is 14.3 Å². The van der Waals surface area contributed by atoms with Gasteiger partial charge in [0.05, 0.1) is 5.25 Å². The number of amides is 1. The summed E-state index contributed by atoms with van der Waals surface area (Å²) >= 11 is 0. The summed E-state index contributed by atoms with van der Waals surface area (Å²) in [7, 11) is -3.64. The second kappa shape index (κ2) is 7.83. The first-order chi connectivity index (χ1) is 11.8. The molecule has 0 spiro atoms. The first kappa shape index (κ1) is 19.2. The van der Waals surface area contributed by atoms with Crippen LogP contribution in [0.1, 0.15) is 60.9 Å². The minimum absolute atomic E-state index is 0.0233. The van der Waals surface area contributed by atoms with Gasteiger partial charge in [0.2, 0.25) is 15.9 Å². The van der Waals surface area contributed by atoms with Crippen LogP contribution >= 0.6 is 0 Å². The number of nitrogens with zero attached hydrogens (tertiary/aromatic N) is 1. The fourth-order valence-electron chi connectivity index (χ4n) is 3.33. The Labute approximate surface area is 147 Å². The Morgan fingerprint density at radius 1 is 1.28 bits per heavy atom. The largest absolute Gasteiger partial charge is 0.325 e. The van der Waals surface area contributed by atoms with Crippen molar-refractivity contribution in [3.05, 3.63) is 32.7 Å². The van der Waals surface area contributed by atoms with E-state index in [-0.39, 0.29) is 18.4 Å². The molecule has 25 heavy (non-hydrogen) atoms. The minimum atomic E-state index is -3.64. The molecule has 1 aromatic heterocycles. The van der Waals surface area contributed by atoms with Crippen LogP contribution in [-0.2, 0) is 21.2 Å². The van der Waals surface area contributed by atoms with Gasteiger partial charge < -0.3 is 4.98 Å². The molecule has 1 heterocycles. The van der Waals surface area contributed by atoms with Gasteiger partial charge >= 0.3 is 0 Å². The molecule has 136 valence electrons. The van der Waals surface area contributed by atoms with E-state index in [1.807, 2.05) is 6.07 Å². The normalized spacial score (nSPS) is 15.6. The smallest absolute Gasteiger partial charge is 0.266 e. The quantitative estimate of drug-likeness (QED) is 0.821. The van der Waals surface area contributed by atoms with E-state index in [9.17, 15) is 18.0 Å². The van der Waals surface area contributed by atoms with E-state index in [0.717, 1.165) is 19.3 Å². The van der Waals surface area contributed by atoms with Crippen molar-refractivity contribution in [2.45, 2.75) is 64.0 Å². The lowest BCUT2D eigenvalue weighted by atomic mass is 9.99. The van der Waals surface area contributed by atoms with E-state index in [1.54, 1.807) is 13.8 Å². The highest BCUT2D eigenvalue weighted by molar-refractivity contribution is 7.90. The highest BCUT2D eigenvalue weighted by Crippen LogP contribution is 2.23. The predicted octanol–water partition coefficient (Wildman–Crippen LogP) is 1.57. The van der Waals surface area contributed by atoms with Crippen LogP contribution in [-0.4, -0.2) is 24.6 Å². The lowest BCUT2D eigenvalue weighted by Gasteiger charge is -2.21. The van der Waals surface area contributed by atoms with E-state index >= 15 is 0 Å². The van der Waals surface area contributed by atoms with E-state index in [1.165, 1.54) is 0 Å². The van der Waals surface area contributed by atoms with Gasteiger partial charge in [-0.05, 0) is 44.2 Å². The summed E-state index contributed by atoms with van der Waals surface area (Å²) in [6, 6.07) is 1.86. The summed E-state index contributed by atoms with van der Waals surface area (Å²) in [5.74, 6) is -0.561. The molecular weight excluding hydrogens is 342 g/mol. The van der Waals surface area contributed by atoms with Crippen molar-refractivity contribution in [2.24, 2.45) is 0 Å². The summed E-state index contributed by atoms with van der Waals surface area (Å²) in [6.45, 7) is 3.36. The van der Waals surface area contributed by atoms with Crippen LogP contribution in [0, 0.1) is 25.2 Å². The summed E-state index contributed by atoms with van der Waals surface area (Å²) < 4.78 is 26.7. The Hall–Kier alpha value is -2.14. The zero-order valence-corrected chi connectivity index (χ0v) is 15.3. The number of sulfonamides is 1. The number of carbonyl (C=O) groups excluding carboxylic acids is 1. The van der Waals surface area contributed by atoms with Gasteiger partial charge in [0, 0.05) is 12.1 Å². The third-order valence-corrected chi connectivity index (χ3v) is 6.63. The first-order valence-corrected chi connectivity index (χ1v) is 9.97. The van der Waals surface area contributed by atoms with Crippen molar-refractivity contribution < 1.29 is 13.2 Å². The van der Waals surface area contributed by atoms with Crippen molar-refractivity contribution in [3.8, 4) is 6.07 Å². The number of hydrogen-bond acceptors (Lipinski definition) is 5. The summed E-state index contributed by atoms with van der Waals surface area (Å²) in [6.07, 6.45) is 4.18. The topological polar surface area (TPSA) is 120 Å². The Balaban J connectivity index is 2.06. The van der Waals surface area contributed by atoms with Crippen LogP contribution < -0.4 is 10.3 Å². The van der Waals surface area contributed by atoms with Gasteiger partial charge in [0.15, 0.2) is 0 Å². The third-order valence-electron chi connectivity index (χ3n) is 4.77. The average Bonchev–Trinajstić information content (AvgIpc) is 2.55. The molecule has 0 atom stereocenters. The van der Waals surface area contributed by atoms with E-state index in [4.69, 9.17) is 5.26 Å². The van der Waals surface area contributed by atoms with E-state index in [2.05, 4.69) is 9.71 Å². The molecule has 2 N–H and O–H groups in total. The highest BCUT2D eigenvalue weighted by atomic mass is 32.2. The second-order valence-corrected chi connectivity index (χ2v) is 8.46.